The molecule has 0 aliphatic rings. The standard InChI is InChI=1S/C13H10ClN5O2/c1-20-9-3-2-4-10(7-9)21-13-17-11(14)16-12(18-13)19-6-5-15-8-19/h2-8H,1H3. The first-order chi connectivity index (χ1) is 10.2. The summed E-state index contributed by atoms with van der Waals surface area (Å²) in [6, 6.07) is 7.18. The van der Waals surface area contributed by atoms with Gasteiger partial charge in [-0.15, -0.1) is 0 Å². The van der Waals surface area contributed by atoms with Gasteiger partial charge in [-0.1, -0.05) is 6.07 Å². The van der Waals surface area contributed by atoms with Gasteiger partial charge in [-0.3, -0.25) is 4.57 Å². The molecule has 0 radical (unpaired) electrons. The largest absolute Gasteiger partial charge is 0.497 e. The average Bonchev–Trinajstić information content (AvgIpc) is 3.01. The first kappa shape index (κ1) is 13.3. The molecule has 0 spiro atoms. The second-order valence-electron chi connectivity index (χ2n) is 3.94. The molecule has 0 atom stereocenters. The van der Waals surface area contributed by atoms with Gasteiger partial charge >= 0.3 is 6.01 Å². The van der Waals surface area contributed by atoms with E-state index in [2.05, 4.69) is 19.9 Å². The molecule has 2 aromatic heterocycles. The minimum atomic E-state index is 0.0339. The maximum Gasteiger partial charge on any atom is 0.328 e. The third-order valence-corrected chi connectivity index (χ3v) is 2.73. The van der Waals surface area contributed by atoms with E-state index in [1.165, 1.54) is 0 Å². The fourth-order valence-electron chi connectivity index (χ4n) is 1.63. The minimum absolute atomic E-state index is 0.0339. The van der Waals surface area contributed by atoms with Crippen LogP contribution in [-0.4, -0.2) is 31.6 Å². The summed E-state index contributed by atoms with van der Waals surface area (Å²) in [5.41, 5.74) is 0. The Bertz CT molecular complexity index is 748. The Morgan fingerprint density at radius 1 is 1.14 bits per heavy atom. The maximum atomic E-state index is 5.89. The number of ether oxygens (including phenoxy) is 2. The number of benzene rings is 1. The van der Waals surface area contributed by atoms with Gasteiger partial charge in [0.05, 0.1) is 7.11 Å². The van der Waals surface area contributed by atoms with Gasteiger partial charge in [0.2, 0.25) is 11.2 Å². The van der Waals surface area contributed by atoms with Crippen molar-refractivity contribution in [3.05, 3.63) is 48.3 Å². The molecule has 0 amide bonds. The summed E-state index contributed by atoms with van der Waals surface area (Å²) >= 11 is 5.89. The van der Waals surface area contributed by atoms with Crippen LogP contribution in [0.2, 0.25) is 5.28 Å². The lowest BCUT2D eigenvalue weighted by Gasteiger charge is -2.07. The van der Waals surface area contributed by atoms with Crippen LogP contribution >= 0.6 is 11.6 Å². The highest BCUT2D eigenvalue weighted by Gasteiger charge is 2.09. The molecular weight excluding hydrogens is 294 g/mol. The summed E-state index contributed by atoms with van der Waals surface area (Å²) in [5.74, 6) is 1.53. The van der Waals surface area contributed by atoms with E-state index in [0.29, 0.717) is 17.4 Å². The van der Waals surface area contributed by atoms with E-state index in [4.69, 9.17) is 21.1 Å². The van der Waals surface area contributed by atoms with Gasteiger partial charge in [0, 0.05) is 18.5 Å². The van der Waals surface area contributed by atoms with Crippen LogP contribution in [0.4, 0.5) is 0 Å². The minimum Gasteiger partial charge on any atom is -0.497 e. The van der Waals surface area contributed by atoms with E-state index in [9.17, 15) is 0 Å². The van der Waals surface area contributed by atoms with Crippen LogP contribution in [0.1, 0.15) is 0 Å². The van der Waals surface area contributed by atoms with Crippen LogP contribution in [0.25, 0.3) is 5.95 Å². The molecule has 0 fully saturated rings. The second-order valence-corrected chi connectivity index (χ2v) is 4.28. The quantitative estimate of drug-likeness (QED) is 0.737. The third kappa shape index (κ3) is 3.09. The normalized spacial score (nSPS) is 10.4. The van der Waals surface area contributed by atoms with E-state index in [1.807, 2.05) is 6.07 Å². The van der Waals surface area contributed by atoms with Crippen LogP contribution < -0.4 is 9.47 Å². The van der Waals surface area contributed by atoms with Crippen molar-refractivity contribution < 1.29 is 9.47 Å². The predicted molar refractivity (Wildman–Crippen MR) is 75.0 cm³/mol. The number of imidazole rings is 1. The third-order valence-electron chi connectivity index (χ3n) is 2.56. The zero-order valence-corrected chi connectivity index (χ0v) is 11.7. The van der Waals surface area contributed by atoms with Gasteiger partial charge in [0.25, 0.3) is 0 Å². The summed E-state index contributed by atoms with van der Waals surface area (Å²) in [7, 11) is 1.58. The molecule has 1 aromatic carbocycles. The number of methoxy groups -OCH3 is 1. The molecule has 7 nitrogen and oxygen atoms in total. The summed E-state index contributed by atoms with van der Waals surface area (Å²) in [6.45, 7) is 0. The van der Waals surface area contributed by atoms with Crippen molar-refractivity contribution in [1.82, 2.24) is 24.5 Å². The summed E-state index contributed by atoms with van der Waals surface area (Å²) in [5, 5.41) is 0.0339. The summed E-state index contributed by atoms with van der Waals surface area (Å²) in [4.78, 5) is 16.1. The first-order valence-electron chi connectivity index (χ1n) is 5.96. The Morgan fingerprint density at radius 2 is 2.00 bits per heavy atom. The van der Waals surface area contributed by atoms with Crippen molar-refractivity contribution in [3.8, 4) is 23.5 Å². The zero-order chi connectivity index (χ0) is 14.7. The molecule has 0 unspecified atom stereocenters. The Morgan fingerprint density at radius 3 is 2.76 bits per heavy atom. The first-order valence-corrected chi connectivity index (χ1v) is 6.34. The summed E-state index contributed by atoms with van der Waals surface area (Å²) in [6.07, 6.45) is 4.86. The van der Waals surface area contributed by atoms with Gasteiger partial charge < -0.3 is 9.47 Å². The predicted octanol–water partition coefficient (Wildman–Crippen LogP) is 2.51. The monoisotopic (exact) mass is 303 g/mol. The van der Waals surface area contributed by atoms with Gasteiger partial charge in [-0.25, -0.2) is 4.98 Å². The van der Waals surface area contributed by atoms with Crippen molar-refractivity contribution in [2.75, 3.05) is 7.11 Å². The molecule has 0 aliphatic carbocycles. The Kier molecular flexibility index (Phi) is 3.65. The number of halogens is 1. The molecule has 0 aliphatic heterocycles. The molecule has 0 saturated carbocycles. The SMILES string of the molecule is COc1cccc(Oc2nc(Cl)nc(-n3ccnc3)n2)c1. The van der Waals surface area contributed by atoms with Crippen LogP contribution in [0.15, 0.2) is 43.0 Å². The molecule has 3 aromatic rings. The maximum absolute atomic E-state index is 5.89. The molecule has 0 saturated heterocycles. The van der Waals surface area contributed by atoms with E-state index in [-0.39, 0.29) is 11.3 Å². The number of hydrogen-bond acceptors (Lipinski definition) is 6. The van der Waals surface area contributed by atoms with Crippen molar-refractivity contribution in [1.29, 1.82) is 0 Å². The summed E-state index contributed by atoms with van der Waals surface area (Å²) < 4.78 is 12.3. The van der Waals surface area contributed by atoms with Crippen molar-refractivity contribution in [3.63, 3.8) is 0 Å². The average molecular weight is 304 g/mol. The highest BCUT2D eigenvalue weighted by Crippen LogP contribution is 2.23. The fourth-order valence-corrected chi connectivity index (χ4v) is 1.78. The van der Waals surface area contributed by atoms with Gasteiger partial charge in [-0.2, -0.15) is 15.0 Å². The van der Waals surface area contributed by atoms with Gasteiger partial charge in [-0.05, 0) is 23.7 Å². The van der Waals surface area contributed by atoms with Crippen LogP contribution in [-0.2, 0) is 0 Å². The van der Waals surface area contributed by atoms with Crippen molar-refractivity contribution in [2.24, 2.45) is 0 Å². The Labute approximate surface area is 125 Å². The van der Waals surface area contributed by atoms with Crippen LogP contribution in [0.3, 0.4) is 0 Å². The van der Waals surface area contributed by atoms with E-state index >= 15 is 0 Å². The Balaban J connectivity index is 1.91. The smallest absolute Gasteiger partial charge is 0.328 e. The fraction of sp³-hybridized carbons (Fsp3) is 0.0769. The molecular formula is C13H10ClN5O2. The molecule has 8 heteroatoms. The van der Waals surface area contributed by atoms with Crippen LogP contribution in [0.5, 0.6) is 17.5 Å². The molecule has 3 rings (SSSR count). The van der Waals surface area contributed by atoms with E-state index in [0.717, 1.165) is 0 Å². The Hall–Kier alpha value is -2.67. The highest BCUT2D eigenvalue weighted by atomic mass is 35.5. The lowest BCUT2D eigenvalue weighted by Crippen LogP contribution is -2.03. The molecule has 21 heavy (non-hydrogen) atoms. The number of rotatable bonds is 4. The van der Waals surface area contributed by atoms with E-state index < -0.39 is 0 Å². The van der Waals surface area contributed by atoms with Gasteiger partial charge in [0.1, 0.15) is 17.8 Å². The van der Waals surface area contributed by atoms with Crippen molar-refractivity contribution >= 4 is 11.6 Å². The number of aromatic nitrogens is 5. The zero-order valence-electron chi connectivity index (χ0n) is 11.0. The highest BCUT2D eigenvalue weighted by molar-refractivity contribution is 6.28. The lowest BCUT2D eigenvalue weighted by atomic mass is 10.3. The number of hydrogen-bond donors (Lipinski definition) is 0. The lowest BCUT2D eigenvalue weighted by molar-refractivity contribution is 0.403. The second kappa shape index (κ2) is 5.76. The number of nitrogens with zero attached hydrogens (tertiary/aromatic N) is 5. The molecule has 0 N–H and O–H groups in total. The van der Waals surface area contributed by atoms with E-state index in [1.54, 1.807) is 48.6 Å². The van der Waals surface area contributed by atoms with Gasteiger partial charge in [0.15, 0.2) is 0 Å². The van der Waals surface area contributed by atoms with Crippen LogP contribution in [0, 0.1) is 0 Å². The molecule has 106 valence electrons. The topological polar surface area (TPSA) is 75.0 Å². The molecule has 2 heterocycles. The molecule has 0 bridgehead atoms. The van der Waals surface area contributed by atoms with Crippen molar-refractivity contribution in [2.45, 2.75) is 0 Å².